The molecule has 114 valence electrons. The molecule has 0 unspecified atom stereocenters. The Morgan fingerprint density at radius 3 is 2.62 bits per heavy atom. The van der Waals surface area contributed by atoms with Crippen LogP contribution in [0.4, 0.5) is 0 Å². The smallest absolute Gasteiger partial charge is 0.310 e. The Morgan fingerprint density at radius 1 is 1.19 bits per heavy atom. The number of methoxy groups -OCH3 is 2. The summed E-state index contributed by atoms with van der Waals surface area (Å²) in [7, 11) is 3.03. The van der Waals surface area contributed by atoms with E-state index in [4.69, 9.17) is 14.2 Å². The molecule has 21 heavy (non-hydrogen) atoms. The maximum Gasteiger partial charge on any atom is 0.310 e. The van der Waals surface area contributed by atoms with Gasteiger partial charge in [0.25, 0.3) is 0 Å². The zero-order valence-electron chi connectivity index (χ0n) is 12.6. The highest BCUT2D eigenvalue weighted by molar-refractivity contribution is 6.01. The Hall–Kier alpha value is -2.04. The predicted octanol–water partition coefficient (Wildman–Crippen LogP) is 2.54. The van der Waals surface area contributed by atoms with E-state index in [9.17, 15) is 9.59 Å². The molecule has 0 aliphatic carbocycles. The summed E-state index contributed by atoms with van der Waals surface area (Å²) >= 11 is 0. The van der Waals surface area contributed by atoms with Gasteiger partial charge in [-0.2, -0.15) is 0 Å². The van der Waals surface area contributed by atoms with Crippen LogP contribution in [0.15, 0.2) is 12.1 Å². The van der Waals surface area contributed by atoms with Crippen molar-refractivity contribution in [3.63, 3.8) is 0 Å². The first kappa shape index (κ1) is 15.4. The highest BCUT2D eigenvalue weighted by Crippen LogP contribution is 2.31. The second-order valence-corrected chi connectivity index (χ2v) is 5.16. The van der Waals surface area contributed by atoms with Gasteiger partial charge in [0.2, 0.25) is 0 Å². The van der Waals surface area contributed by atoms with E-state index >= 15 is 0 Å². The molecular formula is C16H20O5. The Kier molecular flexibility index (Phi) is 4.83. The van der Waals surface area contributed by atoms with Crippen molar-refractivity contribution in [1.29, 1.82) is 0 Å². The molecule has 0 amide bonds. The number of rotatable bonds is 2. The van der Waals surface area contributed by atoms with Crippen LogP contribution >= 0.6 is 0 Å². The van der Waals surface area contributed by atoms with Gasteiger partial charge in [-0.1, -0.05) is 0 Å². The van der Waals surface area contributed by atoms with E-state index < -0.39 is 0 Å². The third kappa shape index (κ3) is 3.54. The number of hydrogen-bond donors (Lipinski definition) is 0. The zero-order valence-corrected chi connectivity index (χ0v) is 12.6. The van der Waals surface area contributed by atoms with Crippen LogP contribution in [-0.4, -0.2) is 32.1 Å². The van der Waals surface area contributed by atoms with Crippen molar-refractivity contribution in [1.82, 2.24) is 0 Å². The Balaban J connectivity index is 2.49. The van der Waals surface area contributed by atoms with E-state index in [2.05, 4.69) is 0 Å². The van der Waals surface area contributed by atoms with Crippen LogP contribution < -0.4 is 9.47 Å². The molecule has 0 aromatic heterocycles. The Bertz CT molecular complexity index is 550. The summed E-state index contributed by atoms with van der Waals surface area (Å²) in [5, 5.41) is 0. The maximum atomic E-state index is 12.4. The van der Waals surface area contributed by atoms with Crippen LogP contribution in [-0.2, 0) is 16.0 Å². The summed E-state index contributed by atoms with van der Waals surface area (Å²) in [6, 6.07) is 3.36. The normalized spacial score (nSPS) is 19.5. The number of hydrogen-bond acceptors (Lipinski definition) is 5. The molecule has 0 fully saturated rings. The average molecular weight is 292 g/mol. The summed E-state index contributed by atoms with van der Waals surface area (Å²) in [5.41, 5.74) is 1.06. The van der Waals surface area contributed by atoms with Crippen LogP contribution in [0.25, 0.3) is 0 Å². The van der Waals surface area contributed by atoms with Crippen molar-refractivity contribution in [3.05, 3.63) is 23.3 Å². The van der Waals surface area contributed by atoms with Crippen LogP contribution in [0.3, 0.4) is 0 Å². The van der Waals surface area contributed by atoms with Crippen LogP contribution in [0.2, 0.25) is 0 Å². The van der Waals surface area contributed by atoms with E-state index in [0.717, 1.165) is 0 Å². The molecule has 1 aliphatic rings. The first-order valence-electron chi connectivity index (χ1n) is 7.02. The van der Waals surface area contributed by atoms with Gasteiger partial charge >= 0.3 is 5.97 Å². The number of ketones is 1. The molecule has 1 heterocycles. The Labute approximate surface area is 124 Å². The lowest BCUT2D eigenvalue weighted by atomic mass is 9.95. The monoisotopic (exact) mass is 292 g/mol. The first-order chi connectivity index (χ1) is 10.0. The minimum atomic E-state index is -0.339. The molecule has 2 rings (SSSR count). The molecule has 0 saturated carbocycles. The van der Waals surface area contributed by atoms with Crippen LogP contribution in [0, 0.1) is 0 Å². The standard InChI is InChI=1S/C16H20O5/c1-10-5-4-6-13(17)16-11(8-15(18)21-10)7-12(19-2)9-14(16)20-3/h7,9-10H,4-6,8H2,1-3H3/t10-/m1/s1. The first-order valence-corrected chi connectivity index (χ1v) is 7.02. The van der Waals surface area contributed by atoms with Gasteiger partial charge in [-0.15, -0.1) is 0 Å². The second-order valence-electron chi connectivity index (χ2n) is 5.16. The highest BCUT2D eigenvalue weighted by atomic mass is 16.5. The summed E-state index contributed by atoms with van der Waals surface area (Å²) in [6.07, 6.45) is 1.66. The molecule has 1 atom stereocenters. The van der Waals surface area contributed by atoms with Gasteiger partial charge in [-0.05, 0) is 31.4 Å². The second kappa shape index (κ2) is 6.61. The summed E-state index contributed by atoms with van der Waals surface area (Å²) < 4.78 is 15.8. The van der Waals surface area contributed by atoms with E-state index in [-0.39, 0.29) is 24.3 Å². The number of carbonyl (C=O) groups is 2. The summed E-state index contributed by atoms with van der Waals surface area (Å²) in [4.78, 5) is 24.4. The topological polar surface area (TPSA) is 61.8 Å². The van der Waals surface area contributed by atoms with Crippen molar-refractivity contribution in [2.75, 3.05) is 14.2 Å². The molecule has 0 N–H and O–H groups in total. The van der Waals surface area contributed by atoms with E-state index in [0.29, 0.717) is 41.9 Å². The fourth-order valence-electron chi connectivity index (χ4n) is 2.54. The lowest BCUT2D eigenvalue weighted by Crippen LogP contribution is -2.20. The fraction of sp³-hybridized carbons (Fsp3) is 0.500. The van der Waals surface area contributed by atoms with Crippen molar-refractivity contribution in [2.45, 2.75) is 38.7 Å². The quantitative estimate of drug-likeness (QED) is 0.784. The molecule has 0 radical (unpaired) electrons. The maximum absolute atomic E-state index is 12.4. The minimum absolute atomic E-state index is 0.00796. The van der Waals surface area contributed by atoms with Crippen LogP contribution in [0.1, 0.15) is 42.1 Å². The van der Waals surface area contributed by atoms with Crippen molar-refractivity contribution in [2.24, 2.45) is 0 Å². The number of cyclic esters (lactones) is 1. The van der Waals surface area contributed by atoms with Gasteiger partial charge in [0.1, 0.15) is 11.5 Å². The van der Waals surface area contributed by atoms with Crippen molar-refractivity contribution in [3.8, 4) is 11.5 Å². The average Bonchev–Trinajstić information content (AvgIpc) is 2.45. The van der Waals surface area contributed by atoms with E-state index in [1.807, 2.05) is 6.92 Å². The molecule has 5 nitrogen and oxygen atoms in total. The Morgan fingerprint density at radius 2 is 1.95 bits per heavy atom. The van der Waals surface area contributed by atoms with Gasteiger partial charge in [-0.3, -0.25) is 9.59 Å². The third-order valence-corrected chi connectivity index (χ3v) is 3.57. The largest absolute Gasteiger partial charge is 0.497 e. The minimum Gasteiger partial charge on any atom is -0.497 e. The fourth-order valence-corrected chi connectivity index (χ4v) is 2.54. The third-order valence-electron chi connectivity index (χ3n) is 3.57. The van der Waals surface area contributed by atoms with Crippen LogP contribution in [0.5, 0.6) is 11.5 Å². The zero-order chi connectivity index (χ0) is 15.4. The van der Waals surface area contributed by atoms with E-state index in [1.54, 1.807) is 12.1 Å². The van der Waals surface area contributed by atoms with Gasteiger partial charge < -0.3 is 14.2 Å². The molecule has 0 saturated heterocycles. The molecule has 0 bridgehead atoms. The highest BCUT2D eigenvalue weighted by Gasteiger charge is 2.23. The summed E-state index contributed by atoms with van der Waals surface area (Å²) in [5.74, 6) is 0.646. The van der Waals surface area contributed by atoms with Gasteiger partial charge in [0.15, 0.2) is 5.78 Å². The molecule has 0 spiro atoms. The lowest BCUT2D eigenvalue weighted by molar-refractivity contribution is -0.147. The predicted molar refractivity (Wildman–Crippen MR) is 77.0 cm³/mol. The number of fused-ring (bicyclic) bond motifs is 1. The summed E-state index contributed by atoms with van der Waals surface area (Å²) in [6.45, 7) is 1.84. The molecule has 1 aliphatic heterocycles. The van der Waals surface area contributed by atoms with Gasteiger partial charge in [0.05, 0.1) is 32.3 Å². The molecule has 1 aromatic carbocycles. The molecule has 5 heteroatoms. The number of ether oxygens (including phenoxy) is 3. The van der Waals surface area contributed by atoms with E-state index in [1.165, 1.54) is 14.2 Å². The van der Waals surface area contributed by atoms with Crippen molar-refractivity contribution < 1.29 is 23.8 Å². The van der Waals surface area contributed by atoms with Crippen molar-refractivity contribution >= 4 is 11.8 Å². The SMILES string of the molecule is COc1cc2c(c(OC)c1)C(=O)CCC[C@@H](C)OC(=O)C2. The number of carbonyl (C=O) groups excluding carboxylic acids is 2. The van der Waals surface area contributed by atoms with Gasteiger partial charge in [0, 0.05) is 12.5 Å². The number of benzene rings is 1. The van der Waals surface area contributed by atoms with Gasteiger partial charge in [-0.25, -0.2) is 0 Å². The number of Topliss-reactive ketones (excluding diaryl/α,β-unsaturated/α-hetero) is 1. The lowest BCUT2D eigenvalue weighted by Gasteiger charge is -2.19. The molecular weight excluding hydrogens is 272 g/mol. The molecule has 1 aromatic rings. The number of esters is 1.